The Morgan fingerprint density at radius 2 is 1.62 bits per heavy atom. The highest BCUT2D eigenvalue weighted by atomic mass is 15.4. The van der Waals surface area contributed by atoms with Crippen molar-refractivity contribution in [1.82, 2.24) is 9.80 Å². The molecule has 8 heavy (non-hydrogen) atoms. The summed E-state index contributed by atoms with van der Waals surface area (Å²) >= 11 is 0. The van der Waals surface area contributed by atoms with Crippen LogP contribution in [0.3, 0.4) is 0 Å². The average Bonchev–Trinajstić information content (AvgIpc) is 2.13. The molecule has 0 N–H and O–H groups in total. The van der Waals surface area contributed by atoms with Crippen molar-refractivity contribution < 1.29 is 0 Å². The summed E-state index contributed by atoms with van der Waals surface area (Å²) < 4.78 is 0. The third-order valence-corrected chi connectivity index (χ3v) is 2.37. The molecule has 0 saturated carbocycles. The predicted octanol–water partition coefficient (Wildman–Crippen LogP) is -0.384. The number of rotatable bonds is 0. The Morgan fingerprint density at radius 1 is 1.12 bits per heavy atom. The Kier molecular flexibility index (Phi) is 0.649. The van der Waals surface area contributed by atoms with Gasteiger partial charge >= 0.3 is 0 Å². The Balaban J connectivity index is 1.96. The maximum Gasteiger partial charge on any atom is 0.0589 e. The van der Waals surface area contributed by atoms with Crippen LogP contribution in [-0.2, 0) is 0 Å². The van der Waals surface area contributed by atoms with Crippen LogP contribution in [0.25, 0.3) is 0 Å². The van der Waals surface area contributed by atoms with Crippen molar-refractivity contribution in [3.8, 4) is 0 Å². The van der Waals surface area contributed by atoms with E-state index in [2.05, 4.69) is 23.9 Å². The highest BCUT2D eigenvalue weighted by molar-refractivity contribution is 5.15. The van der Waals surface area contributed by atoms with E-state index in [-0.39, 0.29) is 0 Å². The second-order valence-electron chi connectivity index (χ2n) is 3.25. The van der Waals surface area contributed by atoms with E-state index < -0.39 is 0 Å². The molecule has 0 aromatic heterocycles. The fourth-order valence-electron chi connectivity index (χ4n) is 1.71. The molecule has 2 fully saturated rings. The molecule has 0 aromatic carbocycles. The van der Waals surface area contributed by atoms with Crippen LogP contribution in [0, 0.1) is 0 Å². The van der Waals surface area contributed by atoms with Gasteiger partial charge in [-0.1, -0.05) is 0 Å². The van der Waals surface area contributed by atoms with Crippen LogP contribution in [0.2, 0.25) is 0 Å². The van der Waals surface area contributed by atoms with E-state index in [1.165, 1.54) is 19.6 Å². The lowest BCUT2D eigenvalue weighted by Gasteiger charge is -2.36. The molecule has 2 heterocycles. The summed E-state index contributed by atoms with van der Waals surface area (Å²) in [5.41, 5.74) is 0.661. The van der Waals surface area contributed by atoms with Crippen molar-refractivity contribution >= 4 is 0 Å². The molecule has 1 atom stereocenters. The largest absolute Gasteiger partial charge is 0.302 e. The summed E-state index contributed by atoms with van der Waals surface area (Å²) in [4.78, 5) is 4.79. The second-order valence-corrected chi connectivity index (χ2v) is 3.25. The van der Waals surface area contributed by atoms with Crippen molar-refractivity contribution in [2.75, 3.05) is 33.7 Å². The summed E-state index contributed by atoms with van der Waals surface area (Å²) in [5, 5.41) is 0. The lowest BCUT2D eigenvalue weighted by atomic mass is 10.0. The van der Waals surface area contributed by atoms with Crippen LogP contribution >= 0.6 is 0 Å². The van der Waals surface area contributed by atoms with E-state index in [9.17, 15) is 0 Å². The Morgan fingerprint density at radius 3 is 1.75 bits per heavy atom. The first-order valence-corrected chi connectivity index (χ1v) is 3.13. The normalized spacial score (nSPS) is 42.0. The van der Waals surface area contributed by atoms with Crippen molar-refractivity contribution in [3.05, 3.63) is 0 Å². The van der Waals surface area contributed by atoms with Gasteiger partial charge in [-0.3, -0.25) is 4.90 Å². The van der Waals surface area contributed by atoms with Crippen LogP contribution < -0.4 is 0 Å². The molecule has 2 aliphatic rings. The number of likely N-dealkylation sites (tertiary alicyclic amines) is 1. The van der Waals surface area contributed by atoms with Gasteiger partial charge in [0.15, 0.2) is 0 Å². The third-order valence-electron chi connectivity index (χ3n) is 2.37. The summed E-state index contributed by atoms with van der Waals surface area (Å²) in [6.45, 7) is 3.92. The molecule has 2 aliphatic heterocycles. The lowest BCUT2D eigenvalue weighted by Crippen LogP contribution is -2.53. The van der Waals surface area contributed by atoms with Crippen molar-refractivity contribution in [2.24, 2.45) is 0 Å². The molecule has 2 rings (SSSR count). The maximum atomic E-state index is 2.42. The molecule has 0 aliphatic carbocycles. The molecular formula is C6H12N2. The molecule has 2 nitrogen and oxygen atoms in total. The Labute approximate surface area is 50.1 Å². The van der Waals surface area contributed by atoms with E-state index in [0.717, 1.165) is 0 Å². The van der Waals surface area contributed by atoms with Crippen LogP contribution in [0.4, 0.5) is 0 Å². The Hall–Kier alpha value is -0.0800. The number of hydrogen-bond donors (Lipinski definition) is 0. The first kappa shape index (κ1) is 4.77. The fraction of sp³-hybridized carbons (Fsp3) is 1.00. The van der Waals surface area contributed by atoms with Crippen molar-refractivity contribution in [3.63, 3.8) is 0 Å². The highest BCUT2D eigenvalue weighted by Crippen LogP contribution is 2.37. The van der Waals surface area contributed by atoms with Crippen LogP contribution in [-0.4, -0.2) is 49.1 Å². The standard InChI is InChI=1S/C6H12N2/c1-7-3-6(4-7)5-8(6)2/h3-5H2,1-2H3. The number of nitrogens with zero attached hydrogens (tertiary/aromatic N) is 2. The first-order valence-electron chi connectivity index (χ1n) is 3.13. The summed E-state index contributed by atoms with van der Waals surface area (Å²) in [7, 11) is 4.38. The number of likely N-dealkylation sites (N-methyl/N-ethyl adjacent to an activating group) is 2. The Bertz CT molecular complexity index is 116. The smallest absolute Gasteiger partial charge is 0.0589 e. The predicted molar refractivity (Wildman–Crippen MR) is 32.9 cm³/mol. The highest BCUT2D eigenvalue weighted by Gasteiger charge is 2.56. The molecule has 0 amide bonds. The average molecular weight is 112 g/mol. The van der Waals surface area contributed by atoms with E-state index >= 15 is 0 Å². The minimum Gasteiger partial charge on any atom is -0.302 e. The fourth-order valence-corrected chi connectivity index (χ4v) is 1.71. The molecule has 0 aromatic rings. The molecule has 2 saturated heterocycles. The molecule has 0 radical (unpaired) electrons. The summed E-state index contributed by atoms with van der Waals surface area (Å²) in [5.74, 6) is 0. The molecule has 1 unspecified atom stereocenters. The summed E-state index contributed by atoms with van der Waals surface area (Å²) in [6, 6.07) is 0. The molecular weight excluding hydrogens is 100 g/mol. The van der Waals surface area contributed by atoms with Gasteiger partial charge in [0.1, 0.15) is 0 Å². The minimum absolute atomic E-state index is 0.661. The molecule has 0 bridgehead atoms. The van der Waals surface area contributed by atoms with Gasteiger partial charge in [-0.05, 0) is 14.1 Å². The zero-order chi connectivity index (χ0) is 5.78. The SMILES string of the molecule is CN1CC2(C1)CN2C. The minimum atomic E-state index is 0.661. The zero-order valence-electron chi connectivity index (χ0n) is 5.52. The quantitative estimate of drug-likeness (QED) is 0.394. The zero-order valence-corrected chi connectivity index (χ0v) is 5.52. The van der Waals surface area contributed by atoms with Crippen LogP contribution in [0.5, 0.6) is 0 Å². The van der Waals surface area contributed by atoms with Gasteiger partial charge in [0.25, 0.3) is 0 Å². The van der Waals surface area contributed by atoms with E-state index in [1.807, 2.05) is 0 Å². The first-order chi connectivity index (χ1) is 3.73. The summed E-state index contributed by atoms with van der Waals surface area (Å²) in [6.07, 6.45) is 0. The third kappa shape index (κ3) is 0.400. The van der Waals surface area contributed by atoms with E-state index in [0.29, 0.717) is 5.54 Å². The van der Waals surface area contributed by atoms with Gasteiger partial charge in [-0.25, -0.2) is 0 Å². The van der Waals surface area contributed by atoms with Gasteiger partial charge in [0.2, 0.25) is 0 Å². The van der Waals surface area contributed by atoms with Gasteiger partial charge in [-0.15, -0.1) is 0 Å². The maximum absolute atomic E-state index is 2.42. The number of hydrogen-bond acceptors (Lipinski definition) is 2. The monoisotopic (exact) mass is 112 g/mol. The van der Waals surface area contributed by atoms with Gasteiger partial charge in [0, 0.05) is 19.6 Å². The van der Waals surface area contributed by atoms with Crippen molar-refractivity contribution in [2.45, 2.75) is 5.54 Å². The second kappa shape index (κ2) is 1.09. The van der Waals surface area contributed by atoms with Gasteiger partial charge < -0.3 is 4.90 Å². The molecule has 46 valence electrons. The molecule has 2 heteroatoms. The van der Waals surface area contributed by atoms with E-state index in [1.54, 1.807) is 0 Å². The van der Waals surface area contributed by atoms with E-state index in [4.69, 9.17) is 0 Å². The van der Waals surface area contributed by atoms with Crippen LogP contribution in [0.1, 0.15) is 0 Å². The van der Waals surface area contributed by atoms with Crippen molar-refractivity contribution in [1.29, 1.82) is 0 Å². The molecule has 1 spiro atoms. The van der Waals surface area contributed by atoms with Gasteiger partial charge in [-0.2, -0.15) is 0 Å². The lowest BCUT2D eigenvalue weighted by molar-refractivity contribution is 0.136. The van der Waals surface area contributed by atoms with Gasteiger partial charge in [0.05, 0.1) is 5.54 Å². The topological polar surface area (TPSA) is 6.25 Å². The van der Waals surface area contributed by atoms with Crippen LogP contribution in [0.15, 0.2) is 0 Å².